The van der Waals surface area contributed by atoms with E-state index in [2.05, 4.69) is 15.6 Å². The van der Waals surface area contributed by atoms with Gasteiger partial charge in [-0.3, -0.25) is 0 Å². The molecule has 0 aliphatic carbocycles. The molecule has 2 aromatic carbocycles. The molecular formula is C20H18F3N3O. The van der Waals surface area contributed by atoms with Crippen LogP contribution in [0.2, 0.25) is 0 Å². The number of nitrogens with one attached hydrogen (secondary N) is 2. The van der Waals surface area contributed by atoms with Crippen LogP contribution >= 0.6 is 0 Å². The summed E-state index contributed by atoms with van der Waals surface area (Å²) in [6, 6.07) is 16.1. The highest BCUT2D eigenvalue weighted by molar-refractivity contribution is 5.81. The molecule has 0 bridgehead atoms. The normalized spacial score (nSPS) is 11.3. The highest BCUT2D eigenvalue weighted by Gasteiger charge is 2.29. The Hall–Kier alpha value is -3.06. The molecule has 140 valence electrons. The van der Waals surface area contributed by atoms with Crippen LogP contribution in [0.1, 0.15) is 5.56 Å². The number of aromatic nitrogens is 1. The summed E-state index contributed by atoms with van der Waals surface area (Å²) in [4.78, 5) is 4.20. The summed E-state index contributed by atoms with van der Waals surface area (Å²) in [7, 11) is 0. The van der Waals surface area contributed by atoms with E-state index in [4.69, 9.17) is 5.11 Å². The predicted octanol–water partition coefficient (Wildman–Crippen LogP) is 4.92. The second-order valence-corrected chi connectivity index (χ2v) is 5.83. The third-order valence-electron chi connectivity index (χ3n) is 3.91. The van der Waals surface area contributed by atoms with Gasteiger partial charge in [-0.2, -0.15) is 13.2 Å². The van der Waals surface area contributed by atoms with Crippen molar-refractivity contribution in [2.45, 2.75) is 6.18 Å². The second kappa shape index (κ2) is 8.09. The molecule has 0 aliphatic heterocycles. The third-order valence-corrected chi connectivity index (χ3v) is 3.91. The van der Waals surface area contributed by atoms with Gasteiger partial charge in [-0.05, 0) is 48.0 Å². The highest BCUT2D eigenvalue weighted by Crippen LogP contribution is 2.33. The first kappa shape index (κ1) is 18.7. The van der Waals surface area contributed by atoms with Crippen molar-refractivity contribution in [2.75, 3.05) is 23.8 Å². The van der Waals surface area contributed by atoms with Gasteiger partial charge in [-0.25, -0.2) is 4.98 Å². The first-order chi connectivity index (χ1) is 13.0. The quantitative estimate of drug-likeness (QED) is 0.574. The van der Waals surface area contributed by atoms with Crippen LogP contribution < -0.4 is 10.6 Å². The Morgan fingerprint density at radius 3 is 2.41 bits per heavy atom. The minimum atomic E-state index is -4.36. The lowest BCUT2D eigenvalue weighted by Gasteiger charge is -2.14. The van der Waals surface area contributed by atoms with Gasteiger partial charge in [0.15, 0.2) is 0 Å². The van der Waals surface area contributed by atoms with E-state index in [1.165, 1.54) is 12.1 Å². The lowest BCUT2D eigenvalue weighted by molar-refractivity contribution is -0.137. The van der Waals surface area contributed by atoms with Gasteiger partial charge in [0.05, 0.1) is 12.2 Å². The summed E-state index contributed by atoms with van der Waals surface area (Å²) in [6.45, 7) is 0.389. The van der Waals surface area contributed by atoms with E-state index in [1.807, 2.05) is 36.4 Å². The summed E-state index contributed by atoms with van der Waals surface area (Å²) >= 11 is 0. The van der Waals surface area contributed by atoms with E-state index in [1.54, 1.807) is 6.20 Å². The van der Waals surface area contributed by atoms with Crippen LogP contribution in [0, 0.1) is 0 Å². The fourth-order valence-corrected chi connectivity index (χ4v) is 2.62. The molecule has 27 heavy (non-hydrogen) atoms. The molecule has 0 amide bonds. The minimum Gasteiger partial charge on any atom is -0.395 e. The lowest BCUT2D eigenvalue weighted by Crippen LogP contribution is -2.06. The van der Waals surface area contributed by atoms with Gasteiger partial charge < -0.3 is 15.7 Å². The summed E-state index contributed by atoms with van der Waals surface area (Å²) in [5.41, 5.74) is 2.40. The number of pyridine rings is 1. The summed E-state index contributed by atoms with van der Waals surface area (Å²) < 4.78 is 38.1. The Kier molecular flexibility index (Phi) is 5.61. The van der Waals surface area contributed by atoms with Gasteiger partial charge in [-0.1, -0.05) is 18.2 Å². The van der Waals surface area contributed by atoms with Crippen LogP contribution in [0.25, 0.3) is 11.1 Å². The number of hydrogen-bond acceptors (Lipinski definition) is 4. The van der Waals surface area contributed by atoms with Crippen molar-refractivity contribution in [3.8, 4) is 11.1 Å². The van der Waals surface area contributed by atoms with Crippen molar-refractivity contribution in [3.05, 3.63) is 72.4 Å². The zero-order valence-electron chi connectivity index (χ0n) is 14.3. The van der Waals surface area contributed by atoms with Crippen molar-refractivity contribution < 1.29 is 18.3 Å². The SMILES string of the molecule is OCCNc1cc(-c2ccccc2Nc2ccc(C(F)(F)F)cc2)ccn1. The lowest BCUT2D eigenvalue weighted by atomic mass is 10.0. The number of para-hydroxylation sites is 1. The maximum absolute atomic E-state index is 12.7. The van der Waals surface area contributed by atoms with Gasteiger partial charge >= 0.3 is 6.18 Å². The van der Waals surface area contributed by atoms with E-state index in [-0.39, 0.29) is 6.61 Å². The Labute approximate surface area is 154 Å². The third kappa shape index (κ3) is 4.77. The maximum Gasteiger partial charge on any atom is 0.416 e. The molecule has 1 heterocycles. The van der Waals surface area contributed by atoms with Crippen LogP contribution in [0.3, 0.4) is 0 Å². The Balaban J connectivity index is 1.86. The summed E-state index contributed by atoms with van der Waals surface area (Å²) in [5.74, 6) is 0.630. The van der Waals surface area contributed by atoms with Crippen molar-refractivity contribution in [2.24, 2.45) is 0 Å². The molecule has 3 N–H and O–H groups in total. The number of aliphatic hydroxyl groups excluding tert-OH is 1. The number of halogens is 3. The van der Waals surface area contributed by atoms with Crippen molar-refractivity contribution >= 4 is 17.2 Å². The van der Waals surface area contributed by atoms with Gasteiger partial charge in [0.2, 0.25) is 0 Å². The van der Waals surface area contributed by atoms with Crippen molar-refractivity contribution in [3.63, 3.8) is 0 Å². The zero-order valence-corrected chi connectivity index (χ0v) is 14.3. The van der Waals surface area contributed by atoms with Crippen LogP contribution in [0.4, 0.5) is 30.4 Å². The second-order valence-electron chi connectivity index (χ2n) is 5.83. The van der Waals surface area contributed by atoms with E-state index in [0.29, 0.717) is 18.1 Å². The van der Waals surface area contributed by atoms with Gasteiger partial charge in [-0.15, -0.1) is 0 Å². The minimum absolute atomic E-state index is 0.00201. The van der Waals surface area contributed by atoms with Crippen molar-refractivity contribution in [1.29, 1.82) is 0 Å². The highest BCUT2D eigenvalue weighted by atomic mass is 19.4. The van der Waals surface area contributed by atoms with Crippen molar-refractivity contribution in [1.82, 2.24) is 4.98 Å². The van der Waals surface area contributed by atoms with E-state index < -0.39 is 11.7 Å². The maximum atomic E-state index is 12.7. The molecule has 0 aliphatic rings. The van der Waals surface area contributed by atoms with E-state index in [0.717, 1.165) is 28.9 Å². The van der Waals surface area contributed by atoms with Crippen LogP contribution in [0.5, 0.6) is 0 Å². The smallest absolute Gasteiger partial charge is 0.395 e. The largest absolute Gasteiger partial charge is 0.416 e. The molecule has 3 rings (SSSR count). The molecule has 7 heteroatoms. The molecule has 0 radical (unpaired) electrons. The Morgan fingerprint density at radius 1 is 0.963 bits per heavy atom. The summed E-state index contributed by atoms with van der Waals surface area (Å²) in [5, 5.41) is 15.1. The average Bonchev–Trinajstić information content (AvgIpc) is 2.67. The average molecular weight is 373 g/mol. The number of alkyl halides is 3. The molecule has 4 nitrogen and oxygen atoms in total. The summed E-state index contributed by atoms with van der Waals surface area (Å²) in [6.07, 6.45) is -2.70. The molecule has 0 fully saturated rings. The van der Waals surface area contributed by atoms with Gasteiger partial charge in [0, 0.05) is 29.7 Å². The first-order valence-corrected chi connectivity index (χ1v) is 8.32. The molecule has 0 saturated heterocycles. The number of aliphatic hydroxyl groups is 1. The van der Waals surface area contributed by atoms with Crippen LogP contribution in [-0.2, 0) is 6.18 Å². The predicted molar refractivity (Wildman–Crippen MR) is 100.0 cm³/mol. The molecule has 0 unspecified atom stereocenters. The van der Waals surface area contributed by atoms with E-state index in [9.17, 15) is 13.2 Å². The molecule has 0 atom stereocenters. The standard InChI is InChI=1S/C20H18F3N3O/c21-20(22,23)15-5-7-16(8-6-15)26-18-4-2-1-3-17(18)14-9-10-24-19(13-14)25-11-12-27/h1-10,13,26-27H,11-12H2,(H,24,25). The molecule has 3 aromatic rings. The van der Waals surface area contributed by atoms with Crippen LogP contribution in [0.15, 0.2) is 66.9 Å². The number of hydrogen-bond donors (Lipinski definition) is 3. The number of benzene rings is 2. The molecule has 1 aromatic heterocycles. The van der Waals surface area contributed by atoms with E-state index >= 15 is 0 Å². The first-order valence-electron chi connectivity index (χ1n) is 8.32. The monoisotopic (exact) mass is 373 g/mol. The topological polar surface area (TPSA) is 57.2 Å². The Bertz CT molecular complexity index is 895. The molecule has 0 spiro atoms. The number of nitrogens with zero attached hydrogens (tertiary/aromatic N) is 1. The number of anilines is 3. The number of rotatable bonds is 6. The van der Waals surface area contributed by atoms with Gasteiger partial charge in [0.25, 0.3) is 0 Å². The van der Waals surface area contributed by atoms with Crippen LogP contribution in [-0.4, -0.2) is 23.2 Å². The fourth-order valence-electron chi connectivity index (χ4n) is 2.62. The fraction of sp³-hybridized carbons (Fsp3) is 0.150. The zero-order chi connectivity index (χ0) is 19.3. The Morgan fingerprint density at radius 2 is 1.70 bits per heavy atom. The molecule has 0 saturated carbocycles. The van der Waals surface area contributed by atoms with Gasteiger partial charge in [0.1, 0.15) is 5.82 Å². The molecular weight excluding hydrogens is 355 g/mol.